The number of benzene rings is 2. The Balaban J connectivity index is 1.37. The highest BCUT2D eigenvalue weighted by Gasteiger charge is 2.31. The fourth-order valence-corrected chi connectivity index (χ4v) is 4.16. The van der Waals surface area contributed by atoms with Crippen LogP contribution in [0.15, 0.2) is 59.1 Å². The first kappa shape index (κ1) is 24.0. The zero-order valence-corrected chi connectivity index (χ0v) is 19.7. The van der Waals surface area contributed by atoms with E-state index in [4.69, 9.17) is 14.4 Å². The van der Waals surface area contributed by atoms with Crippen molar-refractivity contribution in [2.24, 2.45) is 5.41 Å². The van der Waals surface area contributed by atoms with Crippen molar-refractivity contribution in [1.82, 2.24) is 10.5 Å². The Morgan fingerprint density at radius 3 is 2.23 bits per heavy atom. The van der Waals surface area contributed by atoms with Gasteiger partial charge in [0.2, 0.25) is 5.88 Å². The van der Waals surface area contributed by atoms with Crippen LogP contribution in [0.5, 0.6) is 0 Å². The monoisotopic (exact) mass is 477 g/mol. The summed E-state index contributed by atoms with van der Waals surface area (Å²) in [5.41, 5.74) is 3.86. The molecular weight excluding hydrogens is 450 g/mol. The molecule has 182 valence electrons. The molecule has 1 aromatic heterocycles. The molecule has 2 amide bonds. The van der Waals surface area contributed by atoms with Crippen LogP contribution in [0.3, 0.4) is 0 Å². The molecule has 1 heterocycles. The normalized spacial score (nSPS) is 13.5. The van der Waals surface area contributed by atoms with Gasteiger partial charge in [0.1, 0.15) is 6.61 Å². The minimum atomic E-state index is -1.03. The quantitative estimate of drug-likeness (QED) is 0.451. The molecule has 0 fully saturated rings. The van der Waals surface area contributed by atoms with E-state index in [9.17, 15) is 14.4 Å². The van der Waals surface area contributed by atoms with Crippen molar-refractivity contribution in [2.45, 2.75) is 39.2 Å². The molecule has 1 aliphatic rings. The summed E-state index contributed by atoms with van der Waals surface area (Å²) in [7, 11) is 0. The smallest absolute Gasteiger partial charge is 0.414 e. The minimum absolute atomic E-state index is 0.0575. The molecule has 3 N–H and O–H groups in total. The zero-order valence-electron chi connectivity index (χ0n) is 19.7. The van der Waals surface area contributed by atoms with Crippen molar-refractivity contribution < 1.29 is 28.8 Å². The van der Waals surface area contributed by atoms with Crippen LogP contribution in [0.4, 0.5) is 10.7 Å². The van der Waals surface area contributed by atoms with Crippen LogP contribution in [0.25, 0.3) is 11.1 Å². The van der Waals surface area contributed by atoms with Crippen molar-refractivity contribution in [1.29, 1.82) is 0 Å². The van der Waals surface area contributed by atoms with E-state index in [0.29, 0.717) is 0 Å². The predicted molar refractivity (Wildman–Crippen MR) is 128 cm³/mol. The van der Waals surface area contributed by atoms with Crippen LogP contribution >= 0.6 is 0 Å². The number of fused-ring (bicyclic) bond motifs is 3. The summed E-state index contributed by atoms with van der Waals surface area (Å²) in [6.07, 6.45) is -0.980. The van der Waals surface area contributed by atoms with Gasteiger partial charge in [-0.1, -0.05) is 74.5 Å². The van der Waals surface area contributed by atoms with E-state index in [1.807, 2.05) is 57.2 Å². The van der Waals surface area contributed by atoms with Gasteiger partial charge in [0.15, 0.2) is 5.69 Å². The third-order valence-electron chi connectivity index (χ3n) is 6.04. The van der Waals surface area contributed by atoms with Gasteiger partial charge in [0.25, 0.3) is 5.91 Å². The van der Waals surface area contributed by atoms with Crippen LogP contribution in [-0.4, -0.2) is 40.9 Å². The second-order valence-electron chi connectivity index (χ2n) is 9.52. The standard InChI is InChI=1S/C26H27N3O6/c1-26(2,3)21(13-23(30)31)27-24(32)20-12-22(35-29-20)28-25(33)34-14-19-17-10-6-4-8-15(17)16-9-5-7-11-18(16)19/h4-12,19,21H,13-14H2,1-3H3,(H,27,32)(H,28,33)(H,30,31). The van der Waals surface area contributed by atoms with Crippen LogP contribution in [0, 0.1) is 5.41 Å². The number of carbonyl (C=O) groups is 3. The summed E-state index contributed by atoms with van der Waals surface area (Å²) in [6, 6.07) is 16.7. The number of amides is 2. The molecule has 0 saturated heterocycles. The molecule has 0 spiro atoms. The Kier molecular flexibility index (Phi) is 6.59. The Morgan fingerprint density at radius 1 is 1.06 bits per heavy atom. The summed E-state index contributed by atoms with van der Waals surface area (Å²) in [6.45, 7) is 5.61. The number of aliphatic carboxylic acids is 1. The van der Waals surface area contributed by atoms with Crippen molar-refractivity contribution in [2.75, 3.05) is 11.9 Å². The lowest BCUT2D eigenvalue weighted by Crippen LogP contribution is -2.45. The van der Waals surface area contributed by atoms with Crippen molar-refractivity contribution in [3.8, 4) is 11.1 Å². The van der Waals surface area contributed by atoms with Crippen molar-refractivity contribution in [3.63, 3.8) is 0 Å². The van der Waals surface area contributed by atoms with E-state index in [0.717, 1.165) is 22.3 Å². The van der Waals surface area contributed by atoms with Gasteiger partial charge in [-0.05, 0) is 27.7 Å². The summed E-state index contributed by atoms with van der Waals surface area (Å²) < 4.78 is 10.5. The number of carbonyl (C=O) groups excluding carboxylic acids is 2. The number of hydrogen-bond acceptors (Lipinski definition) is 6. The zero-order chi connectivity index (χ0) is 25.2. The molecule has 3 aromatic rings. The molecule has 0 saturated carbocycles. The summed E-state index contributed by atoms with van der Waals surface area (Å²) in [5.74, 6) is -1.77. The number of carboxylic acids is 1. The molecule has 0 bridgehead atoms. The van der Waals surface area contributed by atoms with E-state index in [1.54, 1.807) is 0 Å². The number of aromatic nitrogens is 1. The van der Waals surface area contributed by atoms with Crippen LogP contribution in [-0.2, 0) is 9.53 Å². The molecule has 0 aliphatic heterocycles. The van der Waals surface area contributed by atoms with Gasteiger partial charge < -0.3 is 19.7 Å². The maximum atomic E-state index is 12.5. The Hall–Kier alpha value is -4.14. The molecule has 9 nitrogen and oxygen atoms in total. The highest BCUT2D eigenvalue weighted by Crippen LogP contribution is 2.44. The van der Waals surface area contributed by atoms with E-state index in [1.165, 1.54) is 6.07 Å². The van der Waals surface area contributed by atoms with Crippen molar-refractivity contribution in [3.05, 3.63) is 71.4 Å². The molecule has 1 aliphatic carbocycles. The first-order valence-corrected chi connectivity index (χ1v) is 11.2. The fourth-order valence-electron chi connectivity index (χ4n) is 4.16. The largest absolute Gasteiger partial charge is 0.481 e. The topological polar surface area (TPSA) is 131 Å². The molecule has 1 atom stereocenters. The van der Waals surface area contributed by atoms with Gasteiger partial charge in [-0.2, -0.15) is 0 Å². The molecule has 2 aromatic carbocycles. The molecule has 4 rings (SSSR count). The first-order valence-electron chi connectivity index (χ1n) is 11.2. The summed E-state index contributed by atoms with van der Waals surface area (Å²) >= 11 is 0. The van der Waals surface area contributed by atoms with Gasteiger partial charge >= 0.3 is 12.1 Å². The minimum Gasteiger partial charge on any atom is -0.481 e. The lowest BCUT2D eigenvalue weighted by atomic mass is 9.84. The number of nitrogens with zero attached hydrogens (tertiary/aromatic N) is 1. The van der Waals surface area contributed by atoms with Crippen LogP contribution in [0.2, 0.25) is 0 Å². The van der Waals surface area contributed by atoms with Crippen LogP contribution in [0.1, 0.15) is 54.7 Å². The third kappa shape index (κ3) is 5.34. The number of rotatable bonds is 7. The number of nitrogens with one attached hydrogen (secondary N) is 2. The van der Waals surface area contributed by atoms with Crippen molar-refractivity contribution >= 4 is 23.9 Å². The molecular formula is C26H27N3O6. The predicted octanol–water partition coefficient (Wildman–Crippen LogP) is 4.65. The fraction of sp³-hybridized carbons (Fsp3) is 0.308. The molecule has 9 heteroatoms. The van der Waals surface area contributed by atoms with E-state index in [-0.39, 0.29) is 30.5 Å². The van der Waals surface area contributed by atoms with Gasteiger partial charge in [-0.25, -0.2) is 4.79 Å². The average molecular weight is 478 g/mol. The lowest BCUT2D eigenvalue weighted by Gasteiger charge is -2.29. The lowest BCUT2D eigenvalue weighted by molar-refractivity contribution is -0.138. The molecule has 35 heavy (non-hydrogen) atoms. The maximum Gasteiger partial charge on any atom is 0.414 e. The summed E-state index contributed by atoms with van der Waals surface area (Å²) in [5, 5.41) is 17.9. The highest BCUT2D eigenvalue weighted by atomic mass is 16.6. The number of carboxylic acid groups (broad SMARTS) is 1. The van der Waals surface area contributed by atoms with Gasteiger partial charge in [0, 0.05) is 18.0 Å². The number of hydrogen-bond donors (Lipinski definition) is 3. The Bertz CT molecular complexity index is 1210. The Morgan fingerprint density at radius 2 is 1.66 bits per heavy atom. The molecule has 1 unspecified atom stereocenters. The van der Waals surface area contributed by atoms with E-state index >= 15 is 0 Å². The van der Waals surface area contributed by atoms with E-state index in [2.05, 4.69) is 27.9 Å². The Labute approximate surface area is 202 Å². The van der Waals surface area contributed by atoms with Gasteiger partial charge in [0.05, 0.1) is 6.42 Å². The summed E-state index contributed by atoms with van der Waals surface area (Å²) in [4.78, 5) is 36.1. The average Bonchev–Trinajstić information content (AvgIpc) is 3.39. The highest BCUT2D eigenvalue weighted by molar-refractivity contribution is 5.94. The second kappa shape index (κ2) is 9.61. The van der Waals surface area contributed by atoms with Crippen LogP contribution < -0.4 is 10.6 Å². The van der Waals surface area contributed by atoms with E-state index < -0.39 is 29.4 Å². The first-order chi connectivity index (χ1) is 16.6. The van der Waals surface area contributed by atoms with Gasteiger partial charge in [-0.15, -0.1) is 0 Å². The van der Waals surface area contributed by atoms with Gasteiger partial charge in [-0.3, -0.25) is 14.9 Å². The SMILES string of the molecule is CC(C)(C)C(CC(=O)O)NC(=O)c1cc(NC(=O)OCC2c3ccccc3-c3ccccc32)on1. The molecule has 0 radical (unpaired) electrons. The number of ether oxygens (including phenoxy) is 1. The number of anilines is 1. The second-order valence-corrected chi connectivity index (χ2v) is 9.52. The third-order valence-corrected chi connectivity index (χ3v) is 6.04. The maximum absolute atomic E-state index is 12.5.